The predicted octanol–water partition coefficient (Wildman–Crippen LogP) is 4.91. The second kappa shape index (κ2) is 11.2. The summed E-state index contributed by atoms with van der Waals surface area (Å²) in [5.41, 5.74) is 1.98. The van der Waals surface area contributed by atoms with E-state index in [1.807, 2.05) is 37.8 Å². The Balaban J connectivity index is 1.43. The molecule has 2 N–H and O–H groups in total. The third-order valence-corrected chi connectivity index (χ3v) is 8.85. The molecule has 2 aliphatic carbocycles. The van der Waals surface area contributed by atoms with Gasteiger partial charge in [-0.2, -0.15) is 0 Å². The van der Waals surface area contributed by atoms with Gasteiger partial charge in [-0.15, -0.1) is 0 Å². The van der Waals surface area contributed by atoms with Gasteiger partial charge in [0.15, 0.2) is 0 Å². The van der Waals surface area contributed by atoms with Gasteiger partial charge in [0.05, 0.1) is 23.8 Å². The number of fused-ring (bicyclic) bond motifs is 1. The van der Waals surface area contributed by atoms with E-state index in [0.717, 1.165) is 29.8 Å². The van der Waals surface area contributed by atoms with Crippen molar-refractivity contribution in [1.82, 2.24) is 19.8 Å². The molecular weight excluding hydrogens is 530 g/mol. The van der Waals surface area contributed by atoms with Gasteiger partial charge in [-0.1, -0.05) is 51.4 Å². The molecule has 9 nitrogen and oxygen atoms in total. The van der Waals surface area contributed by atoms with E-state index in [0.29, 0.717) is 55.8 Å². The van der Waals surface area contributed by atoms with Gasteiger partial charge >= 0.3 is 6.09 Å². The van der Waals surface area contributed by atoms with E-state index >= 15 is 0 Å². The number of benzene rings is 1. The van der Waals surface area contributed by atoms with Crippen LogP contribution in [0.25, 0.3) is 0 Å². The van der Waals surface area contributed by atoms with Crippen molar-refractivity contribution in [1.29, 1.82) is 0 Å². The topological polar surface area (TPSA) is 110 Å². The van der Waals surface area contributed by atoms with Gasteiger partial charge in [0.25, 0.3) is 0 Å². The molecule has 3 aliphatic rings. The first-order valence-electron chi connectivity index (χ1n) is 14.3. The van der Waals surface area contributed by atoms with Crippen molar-refractivity contribution >= 4 is 29.4 Å². The largest absolute Gasteiger partial charge is 0.465 e. The van der Waals surface area contributed by atoms with Crippen LogP contribution in [0.15, 0.2) is 30.6 Å². The molecule has 1 saturated heterocycles. The number of carbonyl (C=O) groups is 2. The molecule has 2 amide bonds. The zero-order valence-corrected chi connectivity index (χ0v) is 24.5. The van der Waals surface area contributed by atoms with Gasteiger partial charge in [-0.25, -0.2) is 14.8 Å². The van der Waals surface area contributed by atoms with Crippen LogP contribution in [0.3, 0.4) is 0 Å². The summed E-state index contributed by atoms with van der Waals surface area (Å²) in [6.07, 6.45) is 2.62. The first-order valence-corrected chi connectivity index (χ1v) is 14.6. The number of aliphatic hydroxyl groups is 1. The second-order valence-electron chi connectivity index (χ2n) is 12.7. The van der Waals surface area contributed by atoms with Gasteiger partial charge in [0.2, 0.25) is 5.91 Å². The van der Waals surface area contributed by atoms with E-state index in [4.69, 9.17) is 11.6 Å². The lowest BCUT2D eigenvalue weighted by Gasteiger charge is -2.45. The summed E-state index contributed by atoms with van der Waals surface area (Å²) in [5.74, 6) is 0.611. The number of hydrogen-bond acceptors (Lipinski definition) is 6. The number of carboxylic acid groups (broad SMARTS) is 1. The van der Waals surface area contributed by atoms with Crippen molar-refractivity contribution in [2.45, 2.75) is 70.9 Å². The Kier molecular flexibility index (Phi) is 7.99. The maximum absolute atomic E-state index is 14.4. The molecule has 2 aromatic rings. The number of rotatable bonds is 7. The molecule has 0 bridgehead atoms. The van der Waals surface area contributed by atoms with Crippen LogP contribution in [0.5, 0.6) is 0 Å². The number of anilines is 1. The average molecular weight is 570 g/mol. The van der Waals surface area contributed by atoms with Crippen LogP contribution in [-0.2, 0) is 4.79 Å². The fourth-order valence-electron chi connectivity index (χ4n) is 6.46. The van der Waals surface area contributed by atoms with Crippen LogP contribution in [0, 0.1) is 11.3 Å². The normalized spacial score (nSPS) is 22.6. The summed E-state index contributed by atoms with van der Waals surface area (Å²) in [6.45, 7) is 10.7. The van der Waals surface area contributed by atoms with Gasteiger partial charge < -0.3 is 24.9 Å². The molecule has 1 unspecified atom stereocenters. The first-order chi connectivity index (χ1) is 19.0. The lowest BCUT2D eigenvalue weighted by atomic mass is 9.74. The maximum atomic E-state index is 14.4. The van der Waals surface area contributed by atoms with Gasteiger partial charge in [0.1, 0.15) is 12.1 Å². The van der Waals surface area contributed by atoms with Crippen LogP contribution in [-0.4, -0.2) is 80.7 Å². The van der Waals surface area contributed by atoms with Crippen molar-refractivity contribution in [3.05, 3.63) is 52.4 Å². The van der Waals surface area contributed by atoms with E-state index in [-0.39, 0.29) is 11.8 Å². The number of hydrogen-bond donors (Lipinski definition) is 2. The van der Waals surface area contributed by atoms with E-state index < -0.39 is 29.6 Å². The molecule has 4 atom stereocenters. The Labute approximate surface area is 241 Å². The maximum Gasteiger partial charge on any atom is 0.407 e. The summed E-state index contributed by atoms with van der Waals surface area (Å²) in [6, 6.07) is 6.70. The van der Waals surface area contributed by atoms with Crippen LogP contribution >= 0.6 is 11.6 Å². The monoisotopic (exact) mass is 569 g/mol. The van der Waals surface area contributed by atoms with E-state index in [2.05, 4.69) is 21.8 Å². The SMILES string of the molecule is C[C@@H]1C[C@H](O)c2ncnc(N3CCN(C(=O)C(c4ccc(Cl)cc4)[C@H](N(CC4CC4)C(=O)O)C(C)(C)C)CC3)c21. The lowest BCUT2D eigenvalue weighted by molar-refractivity contribution is -0.136. The van der Waals surface area contributed by atoms with Crippen molar-refractivity contribution in [2.75, 3.05) is 37.6 Å². The quantitative estimate of drug-likeness (QED) is 0.487. The number of halogens is 1. The summed E-state index contributed by atoms with van der Waals surface area (Å²) < 4.78 is 0. The van der Waals surface area contributed by atoms with Gasteiger partial charge in [-0.3, -0.25) is 4.79 Å². The van der Waals surface area contributed by atoms with E-state index in [1.54, 1.807) is 12.1 Å². The number of aromatic nitrogens is 2. The highest BCUT2D eigenvalue weighted by Crippen LogP contribution is 2.43. The molecular formula is C30H40ClN5O4. The third kappa shape index (κ3) is 5.77. The zero-order chi connectivity index (χ0) is 28.8. The molecule has 5 rings (SSSR count). The smallest absolute Gasteiger partial charge is 0.407 e. The first kappa shape index (κ1) is 28.6. The van der Waals surface area contributed by atoms with Gasteiger partial charge in [-0.05, 0) is 54.2 Å². The zero-order valence-electron chi connectivity index (χ0n) is 23.8. The minimum atomic E-state index is -0.989. The molecule has 1 aromatic heterocycles. The molecule has 1 aliphatic heterocycles. The van der Waals surface area contributed by atoms with Crippen LogP contribution in [0.2, 0.25) is 5.02 Å². The number of amides is 2. The predicted molar refractivity (Wildman–Crippen MR) is 154 cm³/mol. The van der Waals surface area contributed by atoms with Gasteiger partial charge in [0, 0.05) is 43.3 Å². The minimum Gasteiger partial charge on any atom is -0.465 e. The number of carbonyl (C=O) groups excluding carboxylic acids is 1. The average Bonchev–Trinajstić information content (AvgIpc) is 3.69. The molecule has 2 heterocycles. The van der Waals surface area contributed by atoms with Crippen LogP contribution in [0.4, 0.5) is 10.6 Å². The second-order valence-corrected chi connectivity index (χ2v) is 13.1. The molecule has 40 heavy (non-hydrogen) atoms. The Morgan fingerprint density at radius 2 is 1.75 bits per heavy atom. The summed E-state index contributed by atoms with van der Waals surface area (Å²) in [7, 11) is 0. The molecule has 2 fully saturated rings. The van der Waals surface area contributed by atoms with E-state index in [9.17, 15) is 19.8 Å². The number of piperazine rings is 1. The lowest BCUT2D eigenvalue weighted by Crippen LogP contribution is -2.57. The highest BCUT2D eigenvalue weighted by molar-refractivity contribution is 6.30. The van der Waals surface area contributed by atoms with Crippen molar-refractivity contribution in [3.8, 4) is 0 Å². The van der Waals surface area contributed by atoms with Crippen molar-refractivity contribution in [2.24, 2.45) is 11.3 Å². The Morgan fingerprint density at radius 3 is 2.33 bits per heavy atom. The van der Waals surface area contributed by atoms with Crippen LogP contribution in [0.1, 0.15) is 81.7 Å². The third-order valence-electron chi connectivity index (χ3n) is 8.60. The fraction of sp³-hybridized carbons (Fsp3) is 0.600. The molecule has 10 heteroatoms. The Hall–Kier alpha value is -2.91. The molecule has 0 spiro atoms. The Morgan fingerprint density at radius 1 is 1.10 bits per heavy atom. The Bertz CT molecular complexity index is 1240. The van der Waals surface area contributed by atoms with Crippen molar-refractivity contribution in [3.63, 3.8) is 0 Å². The molecule has 0 radical (unpaired) electrons. The molecule has 1 aromatic carbocycles. The number of nitrogens with zero attached hydrogens (tertiary/aromatic N) is 5. The van der Waals surface area contributed by atoms with E-state index in [1.165, 1.54) is 11.2 Å². The van der Waals surface area contributed by atoms with Crippen LogP contribution < -0.4 is 4.90 Å². The molecule has 216 valence electrons. The highest BCUT2D eigenvalue weighted by Gasteiger charge is 2.46. The molecule has 1 saturated carbocycles. The standard InChI is InChI=1S/C30H40ClN5O4/c1-18-15-22(37)25-23(18)27(33-17-32-25)34-11-13-35(14-12-34)28(38)24(20-7-9-21(31)10-8-20)26(30(2,3)4)36(29(39)40)16-19-5-6-19/h7-10,17-19,22,24,26,37H,5-6,11-16H2,1-4H3,(H,39,40)/t18-,22+,24?,26+/m1/s1. The summed E-state index contributed by atoms with van der Waals surface area (Å²) in [4.78, 5) is 41.5. The minimum absolute atomic E-state index is 0.0688. The highest BCUT2D eigenvalue weighted by atomic mass is 35.5. The van der Waals surface area contributed by atoms with Crippen molar-refractivity contribution < 1.29 is 19.8 Å². The fourth-order valence-corrected chi connectivity index (χ4v) is 6.58. The number of aliphatic hydroxyl groups excluding tert-OH is 1. The summed E-state index contributed by atoms with van der Waals surface area (Å²) in [5, 5.41) is 21.3. The summed E-state index contributed by atoms with van der Waals surface area (Å²) >= 11 is 6.21.